The molecule has 146 valence electrons. The second-order valence-corrected chi connectivity index (χ2v) is 6.85. The van der Waals surface area contributed by atoms with Crippen molar-refractivity contribution in [1.29, 1.82) is 0 Å². The number of carbonyl (C=O) groups is 1. The van der Waals surface area contributed by atoms with Gasteiger partial charge < -0.3 is 20.3 Å². The molecule has 1 aromatic rings. The van der Waals surface area contributed by atoms with Gasteiger partial charge in [-0.3, -0.25) is 4.79 Å². The van der Waals surface area contributed by atoms with Gasteiger partial charge in [0.2, 0.25) is 5.91 Å². The maximum atomic E-state index is 12.2. The average Bonchev–Trinajstić information content (AvgIpc) is 2.51. The van der Waals surface area contributed by atoms with Gasteiger partial charge >= 0.3 is 6.61 Å². The number of amides is 1. The normalized spacial score (nSPS) is 12.1. The highest BCUT2D eigenvalue weighted by atomic mass is 19.3. The Kier molecular flexibility index (Phi) is 8.28. The van der Waals surface area contributed by atoms with Gasteiger partial charge in [0.05, 0.1) is 0 Å². The van der Waals surface area contributed by atoms with Crippen LogP contribution in [-0.4, -0.2) is 49.1 Å². The Hall–Kier alpha value is -2.38. The minimum Gasteiger partial charge on any atom is -0.435 e. The standard InChI is InChI=1S/C18H28F2N4O2/c1-6-21-17(22-11-15(25)23-18(2,3)4)24(5)12-13-7-9-14(10-8-13)26-16(19)20/h7-10,16H,6,11-12H2,1-5H3,(H,21,22)(H,23,25). The third-order valence-electron chi connectivity index (χ3n) is 3.15. The Labute approximate surface area is 153 Å². The zero-order chi connectivity index (χ0) is 19.7. The molecule has 1 amide bonds. The molecule has 0 aliphatic carbocycles. The Bertz CT molecular complexity index is 598. The smallest absolute Gasteiger partial charge is 0.387 e. The van der Waals surface area contributed by atoms with Crippen LogP contribution in [0.15, 0.2) is 29.3 Å². The number of aliphatic imine (C=N–C) groups is 1. The van der Waals surface area contributed by atoms with E-state index >= 15 is 0 Å². The third kappa shape index (κ3) is 8.64. The number of halogens is 2. The van der Waals surface area contributed by atoms with Gasteiger partial charge in [-0.05, 0) is 45.4 Å². The largest absolute Gasteiger partial charge is 0.435 e. The van der Waals surface area contributed by atoms with Crippen molar-refractivity contribution in [2.45, 2.75) is 46.4 Å². The number of benzene rings is 1. The van der Waals surface area contributed by atoms with E-state index in [0.29, 0.717) is 19.0 Å². The van der Waals surface area contributed by atoms with E-state index in [1.165, 1.54) is 12.1 Å². The topological polar surface area (TPSA) is 66.0 Å². The molecule has 0 unspecified atom stereocenters. The molecule has 1 rings (SSSR count). The summed E-state index contributed by atoms with van der Waals surface area (Å²) in [4.78, 5) is 18.1. The minimum absolute atomic E-state index is 0.0190. The first-order valence-corrected chi connectivity index (χ1v) is 8.45. The van der Waals surface area contributed by atoms with Gasteiger partial charge in [0.15, 0.2) is 5.96 Å². The first-order chi connectivity index (χ1) is 12.1. The van der Waals surface area contributed by atoms with Gasteiger partial charge in [-0.1, -0.05) is 12.1 Å². The summed E-state index contributed by atoms with van der Waals surface area (Å²) < 4.78 is 28.7. The molecule has 0 aromatic heterocycles. The van der Waals surface area contributed by atoms with Crippen LogP contribution in [0.25, 0.3) is 0 Å². The van der Waals surface area contributed by atoms with Crippen LogP contribution in [0.4, 0.5) is 8.78 Å². The number of nitrogens with zero attached hydrogens (tertiary/aromatic N) is 2. The van der Waals surface area contributed by atoms with Crippen molar-refractivity contribution in [3.8, 4) is 5.75 Å². The quantitative estimate of drug-likeness (QED) is 0.572. The van der Waals surface area contributed by atoms with Gasteiger partial charge in [-0.2, -0.15) is 8.78 Å². The lowest BCUT2D eigenvalue weighted by Crippen LogP contribution is -2.43. The highest BCUT2D eigenvalue weighted by molar-refractivity contribution is 5.85. The maximum Gasteiger partial charge on any atom is 0.387 e. The lowest BCUT2D eigenvalue weighted by atomic mass is 10.1. The maximum absolute atomic E-state index is 12.2. The molecular formula is C18H28F2N4O2. The summed E-state index contributed by atoms with van der Waals surface area (Å²) in [5.41, 5.74) is 0.595. The van der Waals surface area contributed by atoms with E-state index in [1.807, 2.05) is 39.6 Å². The average molecular weight is 370 g/mol. The number of carbonyl (C=O) groups excluding carboxylic acids is 1. The minimum atomic E-state index is -2.84. The van der Waals surface area contributed by atoms with Crippen molar-refractivity contribution in [3.63, 3.8) is 0 Å². The highest BCUT2D eigenvalue weighted by Gasteiger charge is 2.14. The van der Waals surface area contributed by atoms with Crippen LogP contribution in [0.1, 0.15) is 33.3 Å². The molecule has 0 aliphatic heterocycles. The number of hydrogen-bond acceptors (Lipinski definition) is 3. The van der Waals surface area contributed by atoms with E-state index in [4.69, 9.17) is 0 Å². The molecule has 2 N–H and O–H groups in total. The van der Waals surface area contributed by atoms with Crippen LogP contribution in [0, 0.1) is 0 Å². The van der Waals surface area contributed by atoms with E-state index in [0.717, 1.165) is 5.56 Å². The van der Waals surface area contributed by atoms with Gasteiger partial charge in [-0.15, -0.1) is 0 Å². The molecule has 0 saturated heterocycles. The Morgan fingerprint density at radius 1 is 1.27 bits per heavy atom. The molecular weight excluding hydrogens is 342 g/mol. The van der Waals surface area contributed by atoms with E-state index in [9.17, 15) is 13.6 Å². The van der Waals surface area contributed by atoms with Crippen molar-refractivity contribution in [2.24, 2.45) is 4.99 Å². The van der Waals surface area contributed by atoms with Crippen LogP contribution < -0.4 is 15.4 Å². The third-order valence-corrected chi connectivity index (χ3v) is 3.15. The van der Waals surface area contributed by atoms with Gasteiger partial charge in [0.1, 0.15) is 12.3 Å². The highest BCUT2D eigenvalue weighted by Crippen LogP contribution is 2.15. The number of hydrogen-bond donors (Lipinski definition) is 2. The predicted molar refractivity (Wildman–Crippen MR) is 98.4 cm³/mol. The van der Waals surface area contributed by atoms with Crippen molar-refractivity contribution in [2.75, 3.05) is 20.1 Å². The van der Waals surface area contributed by atoms with Crippen molar-refractivity contribution < 1.29 is 18.3 Å². The number of nitrogens with one attached hydrogen (secondary N) is 2. The predicted octanol–water partition coefficient (Wildman–Crippen LogP) is 2.60. The molecule has 26 heavy (non-hydrogen) atoms. The van der Waals surface area contributed by atoms with Crippen LogP contribution in [0.2, 0.25) is 0 Å². The fourth-order valence-electron chi connectivity index (χ4n) is 2.20. The molecule has 0 heterocycles. The summed E-state index contributed by atoms with van der Waals surface area (Å²) in [5, 5.41) is 5.99. The van der Waals surface area contributed by atoms with E-state index in [2.05, 4.69) is 20.4 Å². The molecule has 0 radical (unpaired) electrons. The number of alkyl halides is 2. The van der Waals surface area contributed by atoms with Crippen molar-refractivity contribution in [3.05, 3.63) is 29.8 Å². The van der Waals surface area contributed by atoms with Crippen LogP contribution in [0.3, 0.4) is 0 Å². The second-order valence-electron chi connectivity index (χ2n) is 6.85. The van der Waals surface area contributed by atoms with Crippen molar-refractivity contribution in [1.82, 2.24) is 15.5 Å². The molecule has 0 spiro atoms. The van der Waals surface area contributed by atoms with Crippen LogP contribution in [0.5, 0.6) is 5.75 Å². The lowest BCUT2D eigenvalue weighted by Gasteiger charge is -2.23. The monoisotopic (exact) mass is 370 g/mol. The van der Waals surface area contributed by atoms with E-state index < -0.39 is 6.61 Å². The Morgan fingerprint density at radius 2 is 1.88 bits per heavy atom. The number of ether oxygens (including phenoxy) is 1. The zero-order valence-corrected chi connectivity index (χ0v) is 16.0. The van der Waals surface area contributed by atoms with E-state index in [-0.39, 0.29) is 23.7 Å². The summed E-state index contributed by atoms with van der Waals surface area (Å²) in [7, 11) is 1.84. The molecule has 1 aromatic carbocycles. The summed E-state index contributed by atoms with van der Waals surface area (Å²) in [6.45, 7) is 6.01. The number of rotatable bonds is 7. The van der Waals surface area contributed by atoms with Crippen LogP contribution in [-0.2, 0) is 11.3 Å². The fraction of sp³-hybridized carbons (Fsp3) is 0.556. The van der Waals surface area contributed by atoms with Gasteiger partial charge in [0.25, 0.3) is 0 Å². The van der Waals surface area contributed by atoms with E-state index in [1.54, 1.807) is 12.1 Å². The van der Waals surface area contributed by atoms with Gasteiger partial charge in [0, 0.05) is 25.7 Å². The zero-order valence-electron chi connectivity index (χ0n) is 16.0. The Morgan fingerprint density at radius 3 is 2.38 bits per heavy atom. The fourth-order valence-corrected chi connectivity index (χ4v) is 2.20. The number of guanidine groups is 1. The second kappa shape index (κ2) is 9.94. The molecule has 6 nitrogen and oxygen atoms in total. The van der Waals surface area contributed by atoms with Gasteiger partial charge in [-0.25, -0.2) is 4.99 Å². The summed E-state index contributed by atoms with van der Waals surface area (Å²) in [5.74, 6) is 0.546. The summed E-state index contributed by atoms with van der Waals surface area (Å²) in [6.07, 6.45) is 0. The molecule has 0 bridgehead atoms. The van der Waals surface area contributed by atoms with Crippen molar-refractivity contribution >= 4 is 11.9 Å². The first kappa shape index (κ1) is 21.7. The first-order valence-electron chi connectivity index (χ1n) is 8.45. The Balaban J connectivity index is 2.70. The summed E-state index contributed by atoms with van der Waals surface area (Å²) >= 11 is 0. The molecule has 0 fully saturated rings. The summed E-state index contributed by atoms with van der Waals surface area (Å²) in [6, 6.07) is 6.42. The molecule has 0 saturated carbocycles. The lowest BCUT2D eigenvalue weighted by molar-refractivity contribution is -0.121. The molecule has 0 atom stereocenters. The van der Waals surface area contributed by atoms with Crippen LogP contribution >= 0.6 is 0 Å². The molecule has 8 heteroatoms. The SMILES string of the molecule is CCNC(=NCC(=O)NC(C)(C)C)N(C)Cc1ccc(OC(F)F)cc1. The molecule has 0 aliphatic rings.